The molecule has 1 aliphatic heterocycles. The quantitative estimate of drug-likeness (QED) is 0.397. The molecule has 6 heteroatoms. The van der Waals surface area contributed by atoms with Gasteiger partial charge in [0.2, 0.25) is 0 Å². The summed E-state index contributed by atoms with van der Waals surface area (Å²) in [4.78, 5) is 7.10. The van der Waals surface area contributed by atoms with Crippen molar-refractivity contribution in [2.75, 3.05) is 26.2 Å². The fourth-order valence-corrected chi connectivity index (χ4v) is 4.16. The van der Waals surface area contributed by atoms with E-state index < -0.39 is 0 Å². The molecule has 2 N–H and O–H groups in total. The van der Waals surface area contributed by atoms with Gasteiger partial charge in [-0.25, -0.2) is 4.39 Å². The maximum absolute atomic E-state index is 13.4. The molecule has 0 unspecified atom stereocenters. The molecule has 0 bridgehead atoms. The van der Waals surface area contributed by atoms with Gasteiger partial charge in [0, 0.05) is 25.0 Å². The van der Waals surface area contributed by atoms with E-state index in [0.29, 0.717) is 13.1 Å². The highest BCUT2D eigenvalue weighted by atomic mass is 127. The van der Waals surface area contributed by atoms with E-state index in [1.165, 1.54) is 24.8 Å². The zero-order chi connectivity index (χ0) is 17.7. The number of β-amino-alcohol motifs (C(OH)–C–C–N with tert-alkyl or cyclic N) is 1. The average molecular weight is 475 g/mol. The molecular weight excluding hydrogens is 444 g/mol. The topological polar surface area (TPSA) is 47.9 Å². The van der Waals surface area contributed by atoms with E-state index in [4.69, 9.17) is 4.99 Å². The summed E-state index contributed by atoms with van der Waals surface area (Å²) in [6, 6.07) is 7.00. The van der Waals surface area contributed by atoms with Crippen LogP contribution in [0.15, 0.2) is 29.3 Å². The van der Waals surface area contributed by atoms with Crippen LogP contribution in [-0.2, 0) is 5.41 Å². The van der Waals surface area contributed by atoms with Gasteiger partial charge in [0.25, 0.3) is 0 Å². The first-order valence-electron chi connectivity index (χ1n) is 9.60. The zero-order valence-corrected chi connectivity index (χ0v) is 17.9. The molecule has 1 aromatic rings. The SMILES string of the molecule is CCNC(=NCC1(c2ccc(F)cc2)CCCCC1)N1CC[C@@H](O)C1.I. The lowest BCUT2D eigenvalue weighted by Crippen LogP contribution is -2.42. The van der Waals surface area contributed by atoms with Crippen LogP contribution in [-0.4, -0.2) is 48.2 Å². The number of hydrogen-bond donors (Lipinski definition) is 2. The van der Waals surface area contributed by atoms with Gasteiger partial charge in [-0.15, -0.1) is 24.0 Å². The van der Waals surface area contributed by atoms with E-state index >= 15 is 0 Å². The molecule has 0 aromatic heterocycles. The number of hydrogen-bond acceptors (Lipinski definition) is 2. The maximum atomic E-state index is 13.4. The third-order valence-electron chi connectivity index (χ3n) is 5.60. The first-order valence-corrected chi connectivity index (χ1v) is 9.60. The summed E-state index contributed by atoms with van der Waals surface area (Å²) in [6.07, 6.45) is 6.41. The van der Waals surface area contributed by atoms with Crippen molar-refractivity contribution >= 4 is 29.9 Å². The lowest BCUT2D eigenvalue weighted by Gasteiger charge is -2.37. The lowest BCUT2D eigenvalue weighted by atomic mass is 9.69. The Morgan fingerprint density at radius 3 is 2.54 bits per heavy atom. The average Bonchev–Trinajstić information content (AvgIpc) is 3.06. The fourth-order valence-electron chi connectivity index (χ4n) is 4.16. The second kappa shape index (κ2) is 9.88. The smallest absolute Gasteiger partial charge is 0.194 e. The van der Waals surface area contributed by atoms with E-state index in [-0.39, 0.29) is 41.3 Å². The van der Waals surface area contributed by atoms with E-state index in [2.05, 4.69) is 17.1 Å². The minimum absolute atomic E-state index is 0. The minimum Gasteiger partial charge on any atom is -0.391 e. The van der Waals surface area contributed by atoms with Crippen molar-refractivity contribution in [1.82, 2.24) is 10.2 Å². The van der Waals surface area contributed by atoms with Crippen LogP contribution in [0.4, 0.5) is 4.39 Å². The van der Waals surface area contributed by atoms with Gasteiger partial charge >= 0.3 is 0 Å². The van der Waals surface area contributed by atoms with E-state index in [0.717, 1.165) is 38.3 Å². The van der Waals surface area contributed by atoms with Crippen molar-refractivity contribution in [2.24, 2.45) is 4.99 Å². The third kappa shape index (κ3) is 5.09. The highest BCUT2D eigenvalue weighted by Gasteiger charge is 2.34. The number of benzene rings is 1. The number of rotatable bonds is 4. The predicted molar refractivity (Wildman–Crippen MR) is 115 cm³/mol. The molecule has 3 rings (SSSR count). The molecule has 2 fully saturated rings. The fraction of sp³-hybridized carbons (Fsp3) is 0.650. The van der Waals surface area contributed by atoms with Crippen LogP contribution in [0.5, 0.6) is 0 Å². The van der Waals surface area contributed by atoms with Crippen molar-refractivity contribution in [3.63, 3.8) is 0 Å². The zero-order valence-electron chi connectivity index (χ0n) is 15.6. The van der Waals surface area contributed by atoms with Crippen LogP contribution in [0, 0.1) is 5.82 Å². The third-order valence-corrected chi connectivity index (χ3v) is 5.60. The van der Waals surface area contributed by atoms with Crippen molar-refractivity contribution in [2.45, 2.75) is 57.0 Å². The molecule has 0 radical (unpaired) electrons. The van der Waals surface area contributed by atoms with Crippen LogP contribution < -0.4 is 5.32 Å². The minimum atomic E-state index is -0.260. The molecule has 1 atom stereocenters. The number of guanidine groups is 1. The number of aliphatic hydroxyl groups excluding tert-OH is 1. The number of nitrogens with one attached hydrogen (secondary N) is 1. The molecule has 1 saturated heterocycles. The summed E-state index contributed by atoms with van der Waals surface area (Å²) in [7, 11) is 0. The highest BCUT2D eigenvalue weighted by Crippen LogP contribution is 2.40. The Balaban J connectivity index is 0.00000243. The van der Waals surface area contributed by atoms with Crippen molar-refractivity contribution in [3.05, 3.63) is 35.6 Å². The number of aliphatic imine (C=N–C) groups is 1. The van der Waals surface area contributed by atoms with Gasteiger partial charge in [-0.1, -0.05) is 31.4 Å². The van der Waals surface area contributed by atoms with Crippen LogP contribution in [0.2, 0.25) is 0 Å². The maximum Gasteiger partial charge on any atom is 0.194 e. The molecule has 1 aliphatic carbocycles. The second-order valence-corrected chi connectivity index (χ2v) is 7.41. The van der Waals surface area contributed by atoms with Gasteiger partial charge in [0.15, 0.2) is 5.96 Å². The van der Waals surface area contributed by atoms with Gasteiger partial charge in [0.05, 0.1) is 12.6 Å². The highest BCUT2D eigenvalue weighted by molar-refractivity contribution is 14.0. The summed E-state index contributed by atoms with van der Waals surface area (Å²) >= 11 is 0. The monoisotopic (exact) mass is 475 g/mol. The largest absolute Gasteiger partial charge is 0.391 e. The number of halogens is 2. The van der Waals surface area contributed by atoms with E-state index in [9.17, 15) is 9.50 Å². The van der Waals surface area contributed by atoms with Crippen molar-refractivity contribution < 1.29 is 9.50 Å². The van der Waals surface area contributed by atoms with Gasteiger partial charge in [0.1, 0.15) is 5.82 Å². The molecule has 26 heavy (non-hydrogen) atoms. The molecule has 0 amide bonds. The van der Waals surface area contributed by atoms with Gasteiger partial charge in [-0.05, 0) is 43.9 Å². The molecule has 4 nitrogen and oxygen atoms in total. The number of aliphatic hydroxyl groups is 1. The normalized spacial score (nSPS) is 22.8. The first kappa shape index (κ1) is 21.4. The molecule has 1 heterocycles. The molecule has 2 aliphatic rings. The summed E-state index contributed by atoms with van der Waals surface area (Å²) in [6.45, 7) is 5.09. The standard InChI is InChI=1S/C20H30FN3O.HI/c1-2-22-19(24-13-10-18(25)14-24)23-15-20(11-4-3-5-12-20)16-6-8-17(21)9-7-16;/h6-9,18,25H,2-5,10-15H2,1H3,(H,22,23);1H/t18-;/m1./s1. The Labute approximate surface area is 173 Å². The summed E-state index contributed by atoms with van der Waals surface area (Å²) < 4.78 is 13.4. The second-order valence-electron chi connectivity index (χ2n) is 7.41. The predicted octanol–water partition coefficient (Wildman–Crippen LogP) is 3.68. The Hall–Kier alpha value is -0.890. The van der Waals surface area contributed by atoms with Crippen LogP contribution in [0.25, 0.3) is 0 Å². The van der Waals surface area contributed by atoms with Gasteiger partial charge < -0.3 is 15.3 Å². The summed E-state index contributed by atoms with van der Waals surface area (Å²) in [5.74, 6) is 0.712. The lowest BCUT2D eigenvalue weighted by molar-refractivity contribution is 0.187. The summed E-state index contributed by atoms with van der Waals surface area (Å²) in [5.41, 5.74) is 1.21. The van der Waals surface area contributed by atoms with Crippen molar-refractivity contribution in [1.29, 1.82) is 0 Å². The number of likely N-dealkylation sites (tertiary alicyclic amines) is 1. The van der Waals surface area contributed by atoms with Crippen molar-refractivity contribution in [3.8, 4) is 0 Å². The first-order chi connectivity index (χ1) is 12.1. The van der Waals surface area contributed by atoms with E-state index in [1.807, 2.05) is 12.1 Å². The van der Waals surface area contributed by atoms with E-state index in [1.54, 1.807) is 12.1 Å². The Morgan fingerprint density at radius 1 is 1.27 bits per heavy atom. The Kier molecular flexibility index (Phi) is 8.13. The Bertz CT molecular complexity index is 587. The summed E-state index contributed by atoms with van der Waals surface area (Å²) in [5, 5.41) is 13.2. The Morgan fingerprint density at radius 2 is 1.96 bits per heavy atom. The number of nitrogens with zero attached hydrogens (tertiary/aromatic N) is 2. The van der Waals surface area contributed by atoms with Gasteiger partial charge in [-0.3, -0.25) is 4.99 Å². The molecular formula is C20H31FIN3O. The van der Waals surface area contributed by atoms with Gasteiger partial charge in [-0.2, -0.15) is 0 Å². The molecule has 1 saturated carbocycles. The van der Waals surface area contributed by atoms with Crippen LogP contribution in [0.1, 0.15) is 51.0 Å². The molecule has 0 spiro atoms. The molecule has 146 valence electrons. The van der Waals surface area contributed by atoms with Crippen LogP contribution in [0.3, 0.4) is 0 Å². The molecule has 1 aromatic carbocycles. The van der Waals surface area contributed by atoms with Crippen LogP contribution >= 0.6 is 24.0 Å².